The van der Waals surface area contributed by atoms with E-state index in [1.165, 1.54) is 62.6 Å². The first-order valence-corrected chi connectivity index (χ1v) is 11.6. The molecule has 3 aromatic carbocycles. The molecule has 190 valence electrons. The van der Waals surface area contributed by atoms with Gasteiger partial charge in [-0.25, -0.2) is 4.79 Å². The van der Waals surface area contributed by atoms with Crippen molar-refractivity contribution in [3.8, 4) is 11.5 Å². The number of carbonyl (C=O) groups excluding carboxylic acids is 3. The minimum absolute atomic E-state index is 0.0481. The Morgan fingerprint density at radius 3 is 2.27 bits per heavy atom. The number of aliphatic hydroxyl groups is 1. The first-order chi connectivity index (χ1) is 17.7. The van der Waals surface area contributed by atoms with E-state index in [4.69, 9.17) is 37.4 Å². The predicted molar refractivity (Wildman–Crippen MR) is 139 cm³/mol. The summed E-state index contributed by atoms with van der Waals surface area (Å²) in [5.74, 6) is -2.31. The average molecular weight is 542 g/mol. The Kier molecular flexibility index (Phi) is 7.42. The topological polar surface area (TPSA) is 102 Å². The lowest BCUT2D eigenvalue weighted by Gasteiger charge is -2.26. The van der Waals surface area contributed by atoms with Gasteiger partial charge >= 0.3 is 5.97 Å². The minimum atomic E-state index is -1.05. The Morgan fingerprint density at radius 1 is 0.946 bits per heavy atom. The largest absolute Gasteiger partial charge is 0.507 e. The fraction of sp³-hybridized carbons (Fsp3) is 0.148. The molecule has 1 N–H and O–H groups in total. The van der Waals surface area contributed by atoms with Gasteiger partial charge in [-0.1, -0.05) is 35.3 Å². The van der Waals surface area contributed by atoms with E-state index in [1.54, 1.807) is 24.3 Å². The van der Waals surface area contributed by atoms with E-state index in [1.807, 2.05) is 0 Å². The summed E-state index contributed by atoms with van der Waals surface area (Å²) in [6.45, 7) is 0. The van der Waals surface area contributed by atoms with E-state index in [2.05, 4.69) is 0 Å². The van der Waals surface area contributed by atoms with Crippen LogP contribution in [0, 0.1) is 0 Å². The van der Waals surface area contributed by atoms with Crippen LogP contribution in [-0.4, -0.2) is 44.1 Å². The van der Waals surface area contributed by atoms with Crippen LogP contribution in [0.1, 0.15) is 27.5 Å². The number of anilines is 1. The van der Waals surface area contributed by atoms with Crippen molar-refractivity contribution >= 4 is 52.3 Å². The molecule has 4 rings (SSSR count). The van der Waals surface area contributed by atoms with Gasteiger partial charge in [0.05, 0.1) is 49.1 Å². The van der Waals surface area contributed by atoms with Crippen molar-refractivity contribution in [1.29, 1.82) is 0 Å². The van der Waals surface area contributed by atoms with Crippen LogP contribution in [0.4, 0.5) is 5.69 Å². The molecule has 1 heterocycles. The number of ketones is 1. The number of amides is 1. The van der Waals surface area contributed by atoms with E-state index in [-0.39, 0.29) is 32.5 Å². The van der Waals surface area contributed by atoms with Gasteiger partial charge in [0.1, 0.15) is 17.3 Å². The summed E-state index contributed by atoms with van der Waals surface area (Å²) in [6, 6.07) is 14.5. The summed E-state index contributed by atoms with van der Waals surface area (Å²) in [5.41, 5.74) is 0.917. The first-order valence-electron chi connectivity index (χ1n) is 10.9. The number of aliphatic hydroxyl groups excluding tert-OH is 1. The molecule has 0 radical (unpaired) electrons. The van der Waals surface area contributed by atoms with Crippen LogP contribution in [0.5, 0.6) is 11.5 Å². The van der Waals surface area contributed by atoms with E-state index < -0.39 is 29.5 Å². The summed E-state index contributed by atoms with van der Waals surface area (Å²) >= 11 is 12.4. The quantitative estimate of drug-likeness (QED) is 0.192. The van der Waals surface area contributed by atoms with Crippen molar-refractivity contribution < 1.29 is 33.7 Å². The number of benzene rings is 3. The highest BCUT2D eigenvalue weighted by atomic mass is 35.5. The van der Waals surface area contributed by atoms with Crippen LogP contribution in [0.15, 0.2) is 66.2 Å². The fourth-order valence-corrected chi connectivity index (χ4v) is 4.76. The molecular formula is C27H21Cl2NO7. The molecule has 37 heavy (non-hydrogen) atoms. The molecule has 0 spiro atoms. The third-order valence-corrected chi connectivity index (χ3v) is 6.39. The number of Topliss-reactive ketones (excluding diaryl/α,β-unsaturated/α-hetero) is 1. The SMILES string of the molecule is COC(=O)c1ccc(N2C(=O)C(=O)/C(=C(/O)c3cc(Cl)cc(Cl)c3OC)C2c2cccc(OC)c2)cc1. The molecular weight excluding hydrogens is 521 g/mol. The van der Waals surface area contributed by atoms with Crippen LogP contribution in [0.25, 0.3) is 5.76 Å². The van der Waals surface area contributed by atoms with E-state index in [0.717, 1.165) is 0 Å². The molecule has 1 aliphatic rings. The average Bonchev–Trinajstić information content (AvgIpc) is 3.17. The predicted octanol–water partition coefficient (Wildman–Crippen LogP) is 5.42. The van der Waals surface area contributed by atoms with Gasteiger partial charge in [0.25, 0.3) is 11.7 Å². The lowest BCUT2D eigenvalue weighted by atomic mass is 9.94. The zero-order valence-corrected chi connectivity index (χ0v) is 21.5. The minimum Gasteiger partial charge on any atom is -0.507 e. The van der Waals surface area contributed by atoms with E-state index >= 15 is 0 Å². The number of ether oxygens (including phenoxy) is 3. The van der Waals surface area contributed by atoms with Gasteiger partial charge in [-0.15, -0.1) is 0 Å². The molecule has 8 nitrogen and oxygen atoms in total. The Labute approximate surface area is 222 Å². The third-order valence-electron chi connectivity index (χ3n) is 5.89. The van der Waals surface area contributed by atoms with Crippen LogP contribution in [0.2, 0.25) is 10.0 Å². The van der Waals surface area contributed by atoms with Gasteiger partial charge in [0.2, 0.25) is 0 Å². The van der Waals surface area contributed by atoms with Crippen LogP contribution >= 0.6 is 23.2 Å². The maximum Gasteiger partial charge on any atom is 0.337 e. The number of rotatable bonds is 6. The summed E-state index contributed by atoms with van der Waals surface area (Å²) in [5, 5.41) is 11.7. The second kappa shape index (κ2) is 10.5. The van der Waals surface area contributed by atoms with Crippen LogP contribution < -0.4 is 14.4 Å². The van der Waals surface area contributed by atoms with Crippen molar-refractivity contribution in [2.45, 2.75) is 6.04 Å². The highest BCUT2D eigenvalue weighted by Crippen LogP contribution is 2.45. The van der Waals surface area contributed by atoms with Gasteiger partial charge in [0, 0.05) is 10.7 Å². The number of nitrogens with zero attached hydrogens (tertiary/aromatic N) is 1. The lowest BCUT2D eigenvalue weighted by molar-refractivity contribution is -0.132. The van der Waals surface area contributed by atoms with E-state index in [9.17, 15) is 19.5 Å². The summed E-state index contributed by atoms with van der Waals surface area (Å²) in [6.07, 6.45) is 0. The van der Waals surface area contributed by atoms with Gasteiger partial charge in [-0.3, -0.25) is 14.5 Å². The Bertz CT molecular complexity index is 1430. The van der Waals surface area contributed by atoms with E-state index in [0.29, 0.717) is 17.0 Å². The van der Waals surface area contributed by atoms with Crippen LogP contribution in [-0.2, 0) is 14.3 Å². The number of esters is 1. The van der Waals surface area contributed by atoms with Gasteiger partial charge < -0.3 is 19.3 Å². The molecule has 1 atom stereocenters. The third kappa shape index (κ3) is 4.73. The van der Waals surface area contributed by atoms with Crippen molar-refractivity contribution in [3.63, 3.8) is 0 Å². The smallest absolute Gasteiger partial charge is 0.337 e. The number of carbonyl (C=O) groups is 3. The molecule has 0 aliphatic carbocycles. The van der Waals surface area contributed by atoms with Gasteiger partial charge in [-0.05, 0) is 54.1 Å². The Hall–Kier alpha value is -4.01. The Balaban J connectivity index is 1.97. The molecule has 10 heteroatoms. The van der Waals surface area contributed by atoms with Crippen molar-refractivity contribution in [2.24, 2.45) is 0 Å². The normalized spacial score (nSPS) is 16.6. The molecule has 0 saturated carbocycles. The number of hydrogen-bond acceptors (Lipinski definition) is 7. The summed E-state index contributed by atoms with van der Waals surface area (Å²) < 4.78 is 15.4. The first kappa shape index (κ1) is 26.1. The maximum atomic E-state index is 13.4. The summed E-state index contributed by atoms with van der Waals surface area (Å²) in [7, 11) is 4.10. The lowest BCUT2D eigenvalue weighted by Crippen LogP contribution is -2.29. The second-order valence-corrected chi connectivity index (χ2v) is 8.80. The second-order valence-electron chi connectivity index (χ2n) is 7.95. The fourth-order valence-electron chi connectivity index (χ4n) is 4.19. The van der Waals surface area contributed by atoms with Crippen molar-refractivity contribution in [3.05, 3.63) is 93.0 Å². The van der Waals surface area contributed by atoms with Crippen molar-refractivity contribution in [1.82, 2.24) is 0 Å². The zero-order chi connectivity index (χ0) is 26.9. The number of halogens is 2. The Morgan fingerprint density at radius 2 is 1.65 bits per heavy atom. The molecule has 1 fully saturated rings. The highest BCUT2D eigenvalue weighted by molar-refractivity contribution is 6.52. The molecule has 1 aliphatic heterocycles. The summed E-state index contributed by atoms with van der Waals surface area (Å²) in [4.78, 5) is 39.9. The molecule has 1 amide bonds. The zero-order valence-electron chi connectivity index (χ0n) is 20.0. The van der Waals surface area contributed by atoms with Gasteiger partial charge in [-0.2, -0.15) is 0 Å². The maximum absolute atomic E-state index is 13.4. The highest BCUT2D eigenvalue weighted by Gasteiger charge is 2.47. The molecule has 1 unspecified atom stereocenters. The van der Waals surface area contributed by atoms with Crippen molar-refractivity contribution in [2.75, 3.05) is 26.2 Å². The number of methoxy groups -OCH3 is 3. The van der Waals surface area contributed by atoms with Gasteiger partial charge in [0.15, 0.2) is 0 Å². The van der Waals surface area contributed by atoms with Crippen LogP contribution in [0.3, 0.4) is 0 Å². The monoisotopic (exact) mass is 541 g/mol. The standard InChI is InChI=1S/C27H21Cl2NO7/c1-35-18-6-4-5-15(11-18)22-21(23(31)19-12-16(28)13-20(29)25(19)36-2)24(32)26(33)30(22)17-9-7-14(8-10-17)27(34)37-3/h4-13,22,31H,1-3H3/b23-21+. The molecule has 1 saturated heterocycles. The molecule has 0 bridgehead atoms. The molecule has 0 aromatic heterocycles. The molecule has 3 aromatic rings. The number of hydrogen-bond donors (Lipinski definition) is 1.